The van der Waals surface area contributed by atoms with Gasteiger partial charge < -0.3 is 0 Å². The van der Waals surface area contributed by atoms with E-state index in [1.165, 1.54) is 61.9 Å². The second kappa shape index (κ2) is 6.99. The van der Waals surface area contributed by atoms with Gasteiger partial charge in [-0.3, -0.25) is 4.90 Å². The molecular formula is C21H30ClN. The van der Waals surface area contributed by atoms with Gasteiger partial charge >= 0.3 is 0 Å². The molecule has 0 bridgehead atoms. The van der Waals surface area contributed by atoms with Crippen LogP contribution in [0, 0.1) is 12.3 Å². The smallest absolute Gasteiger partial charge is 0.0483 e. The average Bonchev–Trinajstić information content (AvgIpc) is 2.50. The third kappa shape index (κ3) is 4.19. The van der Waals surface area contributed by atoms with Gasteiger partial charge in [-0.1, -0.05) is 49.6 Å². The molecule has 0 amide bonds. The fourth-order valence-electron chi connectivity index (χ4n) is 4.04. The number of halogens is 1. The van der Waals surface area contributed by atoms with Crippen molar-refractivity contribution in [2.24, 2.45) is 5.41 Å². The molecule has 1 nitrogen and oxygen atoms in total. The van der Waals surface area contributed by atoms with Gasteiger partial charge in [-0.15, -0.1) is 0 Å². The third-order valence-electron chi connectivity index (χ3n) is 5.50. The Balaban J connectivity index is 1.93. The largest absolute Gasteiger partial charge is 0.299 e. The first-order chi connectivity index (χ1) is 10.9. The van der Waals surface area contributed by atoms with Crippen molar-refractivity contribution < 1.29 is 0 Å². The Morgan fingerprint density at radius 1 is 1.13 bits per heavy atom. The fourth-order valence-corrected chi connectivity index (χ4v) is 4.39. The van der Waals surface area contributed by atoms with Crippen LogP contribution in [-0.4, -0.2) is 24.5 Å². The minimum Gasteiger partial charge on any atom is -0.299 e. The minimum absolute atomic E-state index is 0.384. The lowest BCUT2D eigenvalue weighted by Crippen LogP contribution is -2.33. The zero-order valence-electron chi connectivity index (χ0n) is 14.9. The van der Waals surface area contributed by atoms with Gasteiger partial charge in [-0.05, 0) is 80.3 Å². The zero-order chi connectivity index (χ0) is 16.4. The van der Waals surface area contributed by atoms with Crippen LogP contribution in [0.1, 0.15) is 63.5 Å². The van der Waals surface area contributed by atoms with Crippen LogP contribution in [0.25, 0.3) is 5.57 Å². The lowest BCUT2D eigenvalue weighted by Gasteiger charge is -2.36. The van der Waals surface area contributed by atoms with Crippen molar-refractivity contribution in [3.63, 3.8) is 0 Å². The van der Waals surface area contributed by atoms with Crippen LogP contribution in [0.15, 0.2) is 23.8 Å². The highest BCUT2D eigenvalue weighted by Gasteiger charge is 2.29. The highest BCUT2D eigenvalue weighted by Crippen LogP contribution is 2.44. The zero-order valence-corrected chi connectivity index (χ0v) is 15.7. The highest BCUT2D eigenvalue weighted by atomic mass is 35.5. The van der Waals surface area contributed by atoms with E-state index >= 15 is 0 Å². The molecule has 0 saturated carbocycles. The van der Waals surface area contributed by atoms with E-state index in [0.717, 1.165) is 18.0 Å². The monoisotopic (exact) mass is 331 g/mol. The molecule has 2 aliphatic rings. The molecule has 1 aromatic carbocycles. The van der Waals surface area contributed by atoms with Crippen LogP contribution in [0.5, 0.6) is 0 Å². The summed E-state index contributed by atoms with van der Waals surface area (Å²) in [4.78, 5) is 2.65. The number of aryl methyl sites for hydroxylation is 1. The number of hydrogen-bond acceptors (Lipinski definition) is 1. The van der Waals surface area contributed by atoms with Gasteiger partial charge in [0.25, 0.3) is 0 Å². The van der Waals surface area contributed by atoms with Crippen LogP contribution < -0.4 is 0 Å². The van der Waals surface area contributed by atoms with E-state index in [2.05, 4.69) is 43.9 Å². The van der Waals surface area contributed by atoms with Crippen molar-refractivity contribution in [1.29, 1.82) is 0 Å². The molecule has 1 aliphatic carbocycles. The summed E-state index contributed by atoms with van der Waals surface area (Å²) >= 11 is 6.62. The van der Waals surface area contributed by atoms with Gasteiger partial charge in [0.05, 0.1) is 0 Å². The molecule has 0 spiro atoms. The predicted octanol–water partition coefficient (Wildman–Crippen LogP) is 6.10. The first kappa shape index (κ1) is 17.0. The Hall–Kier alpha value is -0.790. The molecule has 3 rings (SSSR count). The third-order valence-corrected chi connectivity index (χ3v) is 5.81. The number of benzene rings is 1. The van der Waals surface area contributed by atoms with Crippen molar-refractivity contribution in [2.75, 3.05) is 19.6 Å². The lowest BCUT2D eigenvalue weighted by atomic mass is 9.72. The molecule has 126 valence electrons. The van der Waals surface area contributed by atoms with Crippen LogP contribution in [0.3, 0.4) is 0 Å². The van der Waals surface area contributed by atoms with Crippen molar-refractivity contribution >= 4 is 17.2 Å². The van der Waals surface area contributed by atoms with E-state index < -0.39 is 0 Å². The Morgan fingerprint density at radius 3 is 2.57 bits per heavy atom. The Kier molecular flexibility index (Phi) is 5.18. The van der Waals surface area contributed by atoms with Crippen molar-refractivity contribution in [1.82, 2.24) is 4.90 Å². The summed E-state index contributed by atoms with van der Waals surface area (Å²) in [5.41, 5.74) is 6.06. The van der Waals surface area contributed by atoms with Gasteiger partial charge in [-0.2, -0.15) is 0 Å². The van der Waals surface area contributed by atoms with Crippen LogP contribution in [-0.2, 0) is 0 Å². The highest BCUT2D eigenvalue weighted by molar-refractivity contribution is 6.32. The standard InChI is InChI=1S/C21H30ClN/c1-16-7-8-18(20(22)13-16)19-14-21(2,3)10-9-17(19)15-23-11-5-4-6-12-23/h7-8,13H,4-6,9-12,14-15H2,1-3H3. The first-order valence-electron chi connectivity index (χ1n) is 9.14. The summed E-state index contributed by atoms with van der Waals surface area (Å²) < 4.78 is 0. The van der Waals surface area contributed by atoms with Gasteiger partial charge in [0.1, 0.15) is 0 Å². The maximum Gasteiger partial charge on any atom is 0.0483 e. The van der Waals surface area contributed by atoms with E-state index in [-0.39, 0.29) is 0 Å². The lowest BCUT2D eigenvalue weighted by molar-refractivity contribution is 0.238. The van der Waals surface area contributed by atoms with Crippen LogP contribution >= 0.6 is 11.6 Å². The topological polar surface area (TPSA) is 3.24 Å². The summed E-state index contributed by atoms with van der Waals surface area (Å²) in [7, 11) is 0. The minimum atomic E-state index is 0.384. The number of piperidine rings is 1. The molecule has 0 aromatic heterocycles. The Labute approximate surface area is 146 Å². The van der Waals surface area contributed by atoms with E-state index in [9.17, 15) is 0 Å². The molecule has 1 saturated heterocycles. The fraction of sp³-hybridized carbons (Fsp3) is 0.619. The molecule has 0 atom stereocenters. The second-order valence-electron chi connectivity index (χ2n) is 8.24. The number of rotatable bonds is 3. The first-order valence-corrected chi connectivity index (χ1v) is 9.52. The molecule has 0 radical (unpaired) electrons. The Morgan fingerprint density at radius 2 is 1.87 bits per heavy atom. The van der Waals surface area contributed by atoms with Gasteiger partial charge in [0.2, 0.25) is 0 Å². The average molecular weight is 332 g/mol. The van der Waals surface area contributed by atoms with E-state index in [1.54, 1.807) is 5.57 Å². The molecule has 2 heteroatoms. The van der Waals surface area contributed by atoms with E-state index in [0.29, 0.717) is 5.41 Å². The van der Waals surface area contributed by atoms with Crippen LogP contribution in [0.4, 0.5) is 0 Å². The quantitative estimate of drug-likeness (QED) is 0.647. The molecular weight excluding hydrogens is 302 g/mol. The number of allylic oxidation sites excluding steroid dienone is 1. The summed E-state index contributed by atoms with van der Waals surface area (Å²) in [6, 6.07) is 6.56. The molecule has 1 aliphatic heterocycles. The summed E-state index contributed by atoms with van der Waals surface area (Å²) in [5, 5.41) is 0.925. The molecule has 1 fully saturated rings. The van der Waals surface area contributed by atoms with Crippen molar-refractivity contribution in [2.45, 2.75) is 59.3 Å². The number of nitrogens with zero attached hydrogens (tertiary/aromatic N) is 1. The normalized spacial score (nSPS) is 22.4. The molecule has 1 heterocycles. The summed E-state index contributed by atoms with van der Waals surface area (Å²) in [6.07, 6.45) is 7.79. The summed E-state index contributed by atoms with van der Waals surface area (Å²) in [5.74, 6) is 0. The Bertz CT molecular complexity index is 594. The molecule has 0 N–H and O–H groups in total. The molecule has 0 unspecified atom stereocenters. The molecule has 1 aromatic rings. The second-order valence-corrected chi connectivity index (χ2v) is 8.65. The van der Waals surface area contributed by atoms with Gasteiger partial charge in [0.15, 0.2) is 0 Å². The van der Waals surface area contributed by atoms with Crippen LogP contribution in [0.2, 0.25) is 5.02 Å². The van der Waals surface area contributed by atoms with E-state index in [4.69, 9.17) is 11.6 Å². The maximum absolute atomic E-state index is 6.62. The molecule has 23 heavy (non-hydrogen) atoms. The maximum atomic E-state index is 6.62. The summed E-state index contributed by atoms with van der Waals surface area (Å²) in [6.45, 7) is 10.6. The van der Waals surface area contributed by atoms with Crippen molar-refractivity contribution in [3.8, 4) is 0 Å². The number of hydrogen-bond donors (Lipinski definition) is 0. The van der Waals surface area contributed by atoms with Crippen molar-refractivity contribution in [3.05, 3.63) is 39.9 Å². The predicted molar refractivity (Wildman–Crippen MR) is 101 cm³/mol. The van der Waals surface area contributed by atoms with E-state index in [1.807, 2.05) is 0 Å². The number of likely N-dealkylation sites (tertiary alicyclic amines) is 1. The van der Waals surface area contributed by atoms with Gasteiger partial charge in [0, 0.05) is 11.6 Å². The van der Waals surface area contributed by atoms with Gasteiger partial charge in [-0.25, -0.2) is 0 Å². The SMILES string of the molecule is Cc1ccc(C2=C(CN3CCCCC3)CCC(C)(C)C2)c(Cl)c1.